The molecule has 0 saturated heterocycles. The van der Waals surface area contributed by atoms with Gasteiger partial charge in [-0.05, 0) is 265 Å². The van der Waals surface area contributed by atoms with Crippen LogP contribution in [0.5, 0.6) is 0 Å². The Hall–Kier alpha value is -16.9. The van der Waals surface area contributed by atoms with Crippen LogP contribution in [0, 0.1) is 0 Å². The van der Waals surface area contributed by atoms with Crippen molar-refractivity contribution >= 4 is 83.6 Å². The second kappa shape index (κ2) is 29.5. The molecule has 22 aromatic rings. The summed E-state index contributed by atoms with van der Waals surface area (Å²) in [7, 11) is 0. The highest BCUT2D eigenvalue weighted by Gasteiger charge is 2.53. The molecule has 2 spiro atoms. The van der Waals surface area contributed by atoms with Crippen molar-refractivity contribution in [3.05, 3.63) is 534 Å². The molecule has 2 aromatic heterocycles. The highest BCUT2D eigenvalue weighted by Crippen LogP contribution is 2.66. The molecule has 0 radical (unpaired) electrons. The first kappa shape index (κ1) is 76.9. The molecule has 0 fully saturated rings. The van der Waals surface area contributed by atoms with Crippen molar-refractivity contribution in [1.82, 2.24) is 0 Å². The summed E-state index contributed by atoms with van der Waals surface area (Å²) in [6.07, 6.45) is 5.75. The van der Waals surface area contributed by atoms with Crippen LogP contribution >= 0.6 is 0 Å². The van der Waals surface area contributed by atoms with Gasteiger partial charge in [-0.2, -0.15) is 0 Å². The van der Waals surface area contributed by atoms with Crippen LogP contribution < -0.4 is 9.80 Å². The maximum absolute atomic E-state index is 7.27. The maximum atomic E-state index is 7.27. The average Bonchev–Trinajstić information content (AvgIpc) is 1.52. The lowest BCUT2D eigenvalue weighted by Gasteiger charge is -2.36. The van der Waals surface area contributed by atoms with Crippen LogP contribution in [-0.4, -0.2) is 0 Å². The number of hydrogen-bond acceptors (Lipinski definition) is 4. The van der Waals surface area contributed by atoms with E-state index >= 15 is 0 Å². The molecular formula is C131H86N2O2. The van der Waals surface area contributed by atoms with Crippen LogP contribution in [0.4, 0.5) is 34.1 Å². The molecule has 20 aromatic carbocycles. The van der Waals surface area contributed by atoms with Crippen molar-refractivity contribution < 1.29 is 8.83 Å². The number of rotatable bonds is 11. The molecule has 0 N–H and O–H groups in total. The zero-order valence-corrected chi connectivity index (χ0v) is 74.5. The molecule has 4 nitrogen and oxygen atoms in total. The van der Waals surface area contributed by atoms with E-state index in [1.165, 1.54) is 145 Å². The van der Waals surface area contributed by atoms with E-state index in [1.54, 1.807) is 0 Å². The number of nitrogens with zero attached hydrogens (tertiary/aromatic N) is 2. The van der Waals surface area contributed by atoms with Crippen LogP contribution in [0.25, 0.3) is 161 Å². The lowest BCUT2D eigenvalue weighted by molar-refractivity contribution is 0.587. The number of hydrogen-bond donors (Lipinski definition) is 0. The highest BCUT2D eigenvalue weighted by atomic mass is 16.3. The summed E-state index contributed by atoms with van der Waals surface area (Å²) in [6, 6.07) is 171. The van der Waals surface area contributed by atoms with E-state index in [9.17, 15) is 0 Å². The quantitative estimate of drug-likeness (QED) is 0.129. The van der Waals surface area contributed by atoms with Crippen molar-refractivity contribution in [3.8, 4) is 111 Å². The summed E-state index contributed by atoms with van der Waals surface area (Å²) in [5, 5.41) is 4.45. The third-order valence-electron chi connectivity index (χ3n) is 30.8. The van der Waals surface area contributed by atoms with Gasteiger partial charge in [-0.1, -0.05) is 389 Å². The molecule has 0 amide bonds. The Balaban J connectivity index is 0.575. The fourth-order valence-electron chi connectivity index (χ4n) is 24.8. The monoisotopic (exact) mass is 1720 g/mol. The van der Waals surface area contributed by atoms with Gasteiger partial charge in [0.1, 0.15) is 22.3 Å². The molecule has 6 aliphatic rings. The van der Waals surface area contributed by atoms with Crippen LogP contribution in [0.1, 0.15) is 87.4 Å². The first-order valence-electron chi connectivity index (χ1n) is 47.3. The van der Waals surface area contributed by atoms with Gasteiger partial charge in [0.2, 0.25) is 0 Å². The summed E-state index contributed by atoms with van der Waals surface area (Å²) in [4.78, 5) is 5.02. The predicted molar refractivity (Wildman–Crippen MR) is 558 cm³/mol. The van der Waals surface area contributed by atoms with Crippen molar-refractivity contribution in [3.63, 3.8) is 0 Å². The first-order chi connectivity index (χ1) is 66.7. The van der Waals surface area contributed by atoms with Crippen LogP contribution in [0.15, 0.2) is 482 Å². The van der Waals surface area contributed by atoms with Crippen LogP contribution in [0.3, 0.4) is 0 Å². The van der Waals surface area contributed by atoms with Crippen molar-refractivity contribution in [1.29, 1.82) is 0 Å². The third kappa shape index (κ3) is 11.2. The SMILES string of the molecule is CC1(C)C2=C(C=CC(c3cc(-c4ccc5c(c4)-c4ccccc4-c4ccccc4C54c5ccccc5-c5ccc(N(c6ccc(-c7ccccc7)cc6)c6ccc(-c7cccc8c7oc7ccccc78)cc6)cc54)cc4c3oc3ccccc34)C2)c2ccc(N(c3ccc4c(c3)C3(c5ccccc5-c5ccccc5-c5ccccc53)c3ccccc3-4)c3ccccc3-c3ccccc3)cc21. The van der Waals surface area contributed by atoms with Gasteiger partial charge in [-0.3, -0.25) is 0 Å². The van der Waals surface area contributed by atoms with Gasteiger partial charge in [0.05, 0.1) is 16.5 Å². The third-order valence-corrected chi connectivity index (χ3v) is 30.8. The lowest BCUT2D eigenvalue weighted by Crippen LogP contribution is -2.29. The number of fused-ring (bicyclic) bond motifs is 32. The van der Waals surface area contributed by atoms with Crippen molar-refractivity contribution in [2.75, 3.05) is 9.80 Å². The smallest absolute Gasteiger partial charge is 0.143 e. The van der Waals surface area contributed by atoms with Crippen molar-refractivity contribution in [2.45, 2.75) is 42.4 Å². The first-order valence-corrected chi connectivity index (χ1v) is 47.3. The summed E-state index contributed by atoms with van der Waals surface area (Å²) in [6.45, 7) is 4.95. The van der Waals surface area contributed by atoms with Gasteiger partial charge >= 0.3 is 0 Å². The second-order valence-electron chi connectivity index (χ2n) is 37.8. The van der Waals surface area contributed by atoms with Crippen LogP contribution in [-0.2, 0) is 16.2 Å². The Labute approximate surface area is 784 Å². The Kier molecular flexibility index (Phi) is 16.8. The predicted octanol–water partition coefficient (Wildman–Crippen LogP) is 34.9. The molecule has 0 bridgehead atoms. The summed E-state index contributed by atoms with van der Waals surface area (Å²) in [5.41, 5.74) is 48.7. The van der Waals surface area contributed by atoms with E-state index in [0.717, 1.165) is 123 Å². The van der Waals surface area contributed by atoms with Gasteiger partial charge in [-0.25, -0.2) is 0 Å². The largest absolute Gasteiger partial charge is 0.456 e. The van der Waals surface area contributed by atoms with E-state index in [1.807, 2.05) is 6.07 Å². The zero-order valence-electron chi connectivity index (χ0n) is 74.5. The molecule has 2 heterocycles. The molecule has 632 valence electrons. The number of allylic oxidation sites excluding steroid dienone is 4. The normalized spacial score (nSPS) is 15.5. The number of anilines is 6. The summed E-state index contributed by atoms with van der Waals surface area (Å²) < 4.78 is 13.9. The highest BCUT2D eigenvalue weighted by molar-refractivity contribution is 6.12. The zero-order chi connectivity index (χ0) is 88.9. The fraction of sp³-hybridized carbons (Fsp3) is 0.0534. The van der Waals surface area contributed by atoms with Gasteiger partial charge in [0.25, 0.3) is 0 Å². The van der Waals surface area contributed by atoms with Gasteiger partial charge in [-0.15, -0.1) is 0 Å². The van der Waals surface area contributed by atoms with Gasteiger partial charge in [0, 0.05) is 78.0 Å². The lowest BCUT2D eigenvalue weighted by atomic mass is 9.65. The van der Waals surface area contributed by atoms with Gasteiger partial charge in [0.15, 0.2) is 0 Å². The molecule has 4 heteroatoms. The number of furan rings is 2. The molecule has 6 aliphatic carbocycles. The maximum Gasteiger partial charge on any atom is 0.143 e. The van der Waals surface area contributed by atoms with E-state index in [-0.39, 0.29) is 11.3 Å². The second-order valence-corrected chi connectivity index (χ2v) is 37.8. The fourth-order valence-corrected chi connectivity index (χ4v) is 24.8. The van der Waals surface area contributed by atoms with E-state index < -0.39 is 10.8 Å². The molecule has 135 heavy (non-hydrogen) atoms. The summed E-state index contributed by atoms with van der Waals surface area (Å²) >= 11 is 0. The number of benzene rings is 20. The Morgan fingerprint density at radius 2 is 0.607 bits per heavy atom. The Morgan fingerprint density at radius 3 is 1.16 bits per heavy atom. The Morgan fingerprint density at radius 1 is 0.230 bits per heavy atom. The molecule has 2 unspecified atom stereocenters. The topological polar surface area (TPSA) is 32.8 Å². The Bertz CT molecular complexity index is 8750. The molecule has 2 atom stereocenters. The van der Waals surface area contributed by atoms with E-state index in [0.29, 0.717) is 0 Å². The number of para-hydroxylation sites is 4. The van der Waals surface area contributed by atoms with E-state index in [2.05, 4.69) is 485 Å². The van der Waals surface area contributed by atoms with Crippen LogP contribution in [0.2, 0.25) is 0 Å². The standard InChI is InChI=1S/C131H86N2O2/c1-129(2)120-77-86(60-69-104(120)105-70-67-91(78-121(105)129)133(124-53-26-18-34-93(124)83-32-7-4-8-33-83)92-68-72-107-102-42-16-24-51-117(102)130(123(107)80-92)114-48-21-13-39-99(114)95-35-9-10-36-96(95)100-40-14-22-49-115(100)130)111-75-87(76-113-109-45-20-28-55-126(109)135-128(111)113)85-61-73-119-112(74-85)98-38-12-11-37-97(98)101-41-15-23-50-116(101)131(119)118-52-25-17-43-103(118)106-71-66-90(79-122(106)131)132(88-62-56-82(57-63-88)81-30-5-3-6-31-81)89-64-58-84(59-65-89)94-46-29-47-110-108-44-19-27-54-125(108)134-127(94)110/h3-76,78-80,86H,77H2,1-2H3. The molecule has 0 aliphatic heterocycles. The minimum Gasteiger partial charge on any atom is -0.456 e. The minimum atomic E-state index is -0.795. The van der Waals surface area contributed by atoms with Crippen molar-refractivity contribution in [2.24, 2.45) is 0 Å². The van der Waals surface area contributed by atoms with Gasteiger partial charge < -0.3 is 18.6 Å². The molecule has 28 rings (SSSR count). The minimum absolute atomic E-state index is 0.0270. The summed E-state index contributed by atoms with van der Waals surface area (Å²) in [5.74, 6) is -0.0270. The molecular weight excluding hydrogens is 1630 g/mol. The molecule has 0 saturated carbocycles. The van der Waals surface area contributed by atoms with E-state index in [4.69, 9.17) is 8.83 Å². The average molecular weight is 1720 g/mol.